The van der Waals surface area contributed by atoms with Gasteiger partial charge in [-0.15, -0.1) is 11.3 Å². The van der Waals surface area contributed by atoms with Gasteiger partial charge in [-0.1, -0.05) is 17.8 Å². The number of carbonyl (C=O) groups is 1. The van der Waals surface area contributed by atoms with Crippen LogP contribution in [0.2, 0.25) is 0 Å². The van der Waals surface area contributed by atoms with Crippen LogP contribution < -0.4 is 20.3 Å². The zero-order chi connectivity index (χ0) is 23.8. The molecule has 1 saturated carbocycles. The molecule has 0 radical (unpaired) electrons. The highest BCUT2D eigenvalue weighted by Crippen LogP contribution is 2.36. The van der Waals surface area contributed by atoms with Gasteiger partial charge < -0.3 is 14.8 Å². The summed E-state index contributed by atoms with van der Waals surface area (Å²) < 4.78 is 12.5. The lowest BCUT2D eigenvalue weighted by atomic mass is 10.1. The number of ether oxygens (including phenoxy) is 2. The van der Waals surface area contributed by atoms with Gasteiger partial charge in [0.2, 0.25) is 5.91 Å². The van der Waals surface area contributed by atoms with Gasteiger partial charge >= 0.3 is 0 Å². The topological polar surface area (TPSA) is 82.5 Å². The number of benzene rings is 1. The summed E-state index contributed by atoms with van der Waals surface area (Å²) in [6.45, 7) is 2.35. The summed E-state index contributed by atoms with van der Waals surface area (Å²) in [6, 6.07) is 6.11. The van der Waals surface area contributed by atoms with Crippen LogP contribution in [-0.4, -0.2) is 41.0 Å². The van der Waals surface area contributed by atoms with Gasteiger partial charge in [-0.3, -0.25) is 14.2 Å². The monoisotopic (exact) mass is 499 g/mol. The van der Waals surface area contributed by atoms with Gasteiger partial charge in [-0.25, -0.2) is 4.98 Å². The molecule has 0 saturated heterocycles. The van der Waals surface area contributed by atoms with Crippen molar-refractivity contribution in [2.24, 2.45) is 0 Å². The second-order valence-corrected chi connectivity index (χ2v) is 11.3. The molecule has 2 heterocycles. The summed E-state index contributed by atoms with van der Waals surface area (Å²) in [5, 5.41) is 4.11. The van der Waals surface area contributed by atoms with Crippen LogP contribution in [0.1, 0.15) is 42.2 Å². The third-order valence-electron chi connectivity index (χ3n) is 6.44. The average molecular weight is 500 g/mol. The Morgan fingerprint density at radius 1 is 1.26 bits per heavy atom. The van der Waals surface area contributed by atoms with Crippen molar-refractivity contribution in [1.29, 1.82) is 0 Å². The molecule has 1 fully saturated rings. The maximum Gasteiger partial charge on any atom is 0.263 e. The number of aryl methyl sites for hydroxylation is 3. The standard InChI is InChI=1S/C25H29N3O4S2/c1-14(22(29)26-16-8-9-16)33-25-27-23-21(17-5-4-6-20(17)34-23)24(30)28(25)12-11-15-7-10-18(31-2)19(13-15)32-3/h7,10,13-14,16H,4-6,8-9,11-12H2,1-3H3,(H,26,29). The highest BCUT2D eigenvalue weighted by molar-refractivity contribution is 8.00. The van der Waals surface area contributed by atoms with Gasteiger partial charge in [0.1, 0.15) is 4.83 Å². The van der Waals surface area contributed by atoms with Crippen molar-refractivity contribution in [2.75, 3.05) is 14.2 Å². The van der Waals surface area contributed by atoms with E-state index in [0.29, 0.717) is 35.7 Å². The minimum absolute atomic E-state index is 0.00182. The van der Waals surface area contributed by atoms with E-state index >= 15 is 0 Å². The summed E-state index contributed by atoms with van der Waals surface area (Å²) in [4.78, 5) is 33.3. The highest BCUT2D eigenvalue weighted by Gasteiger charge is 2.28. The molecule has 0 spiro atoms. The molecule has 1 N–H and O–H groups in total. The Labute approximate surface area is 206 Å². The molecule has 2 aliphatic rings. The molecule has 0 bridgehead atoms. The number of thioether (sulfide) groups is 1. The number of methoxy groups -OCH3 is 2. The molecule has 34 heavy (non-hydrogen) atoms. The first-order valence-corrected chi connectivity index (χ1v) is 13.4. The van der Waals surface area contributed by atoms with E-state index in [9.17, 15) is 9.59 Å². The first-order valence-electron chi connectivity index (χ1n) is 11.7. The van der Waals surface area contributed by atoms with Crippen molar-refractivity contribution in [3.63, 3.8) is 0 Å². The largest absolute Gasteiger partial charge is 0.493 e. The molecule has 1 amide bonds. The molecule has 1 unspecified atom stereocenters. The molecule has 1 aromatic carbocycles. The maximum absolute atomic E-state index is 13.7. The fourth-order valence-electron chi connectivity index (χ4n) is 4.38. The number of amides is 1. The minimum Gasteiger partial charge on any atom is -0.493 e. The number of fused-ring (bicyclic) bond motifs is 3. The van der Waals surface area contributed by atoms with E-state index in [0.717, 1.165) is 47.9 Å². The van der Waals surface area contributed by atoms with Crippen molar-refractivity contribution in [2.45, 2.75) is 68.4 Å². The molecule has 1 atom stereocenters. The summed E-state index contributed by atoms with van der Waals surface area (Å²) in [5.41, 5.74) is 2.21. The predicted octanol–water partition coefficient (Wildman–Crippen LogP) is 3.97. The third-order valence-corrected chi connectivity index (χ3v) is 8.71. The molecule has 2 aliphatic carbocycles. The second kappa shape index (κ2) is 9.62. The van der Waals surface area contributed by atoms with E-state index in [1.165, 1.54) is 22.2 Å². The number of carbonyl (C=O) groups excluding carboxylic acids is 1. The smallest absolute Gasteiger partial charge is 0.263 e. The van der Waals surface area contributed by atoms with Gasteiger partial charge in [0.25, 0.3) is 5.56 Å². The Balaban J connectivity index is 1.47. The van der Waals surface area contributed by atoms with E-state index in [-0.39, 0.29) is 16.7 Å². The first-order chi connectivity index (χ1) is 16.5. The van der Waals surface area contributed by atoms with E-state index in [1.807, 2.05) is 25.1 Å². The second-order valence-electron chi connectivity index (χ2n) is 8.87. The number of aromatic nitrogens is 2. The van der Waals surface area contributed by atoms with Gasteiger partial charge in [0, 0.05) is 17.5 Å². The lowest BCUT2D eigenvalue weighted by Gasteiger charge is -2.16. The van der Waals surface area contributed by atoms with Crippen LogP contribution in [0.3, 0.4) is 0 Å². The molecular weight excluding hydrogens is 470 g/mol. The van der Waals surface area contributed by atoms with Crippen LogP contribution in [0.4, 0.5) is 0 Å². The Morgan fingerprint density at radius 3 is 2.79 bits per heavy atom. The Kier molecular flexibility index (Phi) is 6.57. The highest BCUT2D eigenvalue weighted by atomic mass is 32.2. The fraction of sp³-hybridized carbons (Fsp3) is 0.480. The molecule has 9 heteroatoms. The third kappa shape index (κ3) is 4.55. The van der Waals surface area contributed by atoms with Crippen LogP contribution in [0.15, 0.2) is 28.2 Å². The van der Waals surface area contributed by atoms with E-state index < -0.39 is 0 Å². The van der Waals surface area contributed by atoms with E-state index in [1.54, 1.807) is 30.1 Å². The fourth-order valence-corrected chi connectivity index (χ4v) is 6.63. The van der Waals surface area contributed by atoms with Crippen LogP contribution in [-0.2, 0) is 30.6 Å². The molecule has 180 valence electrons. The molecule has 3 aromatic rings. The van der Waals surface area contributed by atoms with Gasteiger partial charge in [0.15, 0.2) is 16.7 Å². The van der Waals surface area contributed by atoms with Gasteiger partial charge in [0.05, 0.1) is 24.9 Å². The Morgan fingerprint density at radius 2 is 2.06 bits per heavy atom. The normalized spacial score (nSPS) is 15.9. The van der Waals surface area contributed by atoms with E-state index in [2.05, 4.69) is 5.32 Å². The predicted molar refractivity (Wildman–Crippen MR) is 136 cm³/mol. The first kappa shape index (κ1) is 23.2. The summed E-state index contributed by atoms with van der Waals surface area (Å²) in [5.74, 6) is 1.34. The van der Waals surface area contributed by atoms with Crippen molar-refractivity contribution >= 4 is 39.2 Å². The van der Waals surface area contributed by atoms with Crippen molar-refractivity contribution in [1.82, 2.24) is 14.9 Å². The van der Waals surface area contributed by atoms with Crippen LogP contribution in [0, 0.1) is 0 Å². The summed E-state index contributed by atoms with van der Waals surface area (Å²) in [6.07, 6.45) is 5.78. The Bertz CT molecular complexity index is 1300. The van der Waals surface area contributed by atoms with Crippen molar-refractivity contribution < 1.29 is 14.3 Å². The maximum atomic E-state index is 13.7. The lowest BCUT2D eigenvalue weighted by Crippen LogP contribution is -2.33. The molecule has 2 aromatic heterocycles. The summed E-state index contributed by atoms with van der Waals surface area (Å²) >= 11 is 3.00. The SMILES string of the molecule is COc1ccc(CCn2c(SC(C)C(=O)NC3CC3)nc3sc4c(c3c2=O)CCC4)cc1OC. The van der Waals surface area contributed by atoms with Gasteiger partial charge in [-0.2, -0.15) is 0 Å². The minimum atomic E-state index is -0.330. The number of thiophene rings is 1. The van der Waals surface area contributed by atoms with Crippen molar-refractivity contribution in [3.05, 3.63) is 44.6 Å². The van der Waals surface area contributed by atoms with Crippen LogP contribution in [0.25, 0.3) is 10.2 Å². The zero-order valence-electron chi connectivity index (χ0n) is 19.7. The molecule has 7 nitrogen and oxygen atoms in total. The number of rotatable bonds is 9. The number of hydrogen-bond donors (Lipinski definition) is 1. The van der Waals surface area contributed by atoms with Crippen LogP contribution >= 0.6 is 23.1 Å². The van der Waals surface area contributed by atoms with Gasteiger partial charge in [-0.05, 0) is 68.7 Å². The van der Waals surface area contributed by atoms with Crippen molar-refractivity contribution in [3.8, 4) is 11.5 Å². The van der Waals surface area contributed by atoms with Crippen LogP contribution in [0.5, 0.6) is 11.5 Å². The summed E-state index contributed by atoms with van der Waals surface area (Å²) in [7, 11) is 3.23. The molecular formula is C25H29N3O4S2. The molecule has 0 aliphatic heterocycles. The lowest BCUT2D eigenvalue weighted by molar-refractivity contribution is -0.120. The number of nitrogens with zero attached hydrogens (tertiary/aromatic N) is 2. The average Bonchev–Trinajstić information content (AvgIpc) is 3.41. The zero-order valence-corrected chi connectivity index (χ0v) is 21.3. The number of nitrogens with one attached hydrogen (secondary N) is 1. The molecule has 5 rings (SSSR count). The number of hydrogen-bond acceptors (Lipinski definition) is 7. The van der Waals surface area contributed by atoms with E-state index in [4.69, 9.17) is 14.5 Å². The quantitative estimate of drug-likeness (QED) is 0.354. The Hall–Kier alpha value is -2.52.